The van der Waals surface area contributed by atoms with Crippen LogP contribution in [0, 0.1) is 5.92 Å². The molecule has 1 aliphatic rings. The average Bonchev–Trinajstić information content (AvgIpc) is 2.77. The minimum atomic E-state index is -0.309. The number of phenols is 1. The molecule has 0 saturated carbocycles. The second-order valence-corrected chi connectivity index (χ2v) is 8.21. The maximum absolute atomic E-state index is 12.7. The first kappa shape index (κ1) is 23.4. The van der Waals surface area contributed by atoms with Gasteiger partial charge in [-0.3, -0.25) is 4.79 Å². The van der Waals surface area contributed by atoms with Crippen molar-refractivity contribution in [1.29, 1.82) is 0 Å². The molecule has 1 aliphatic heterocycles. The Labute approximate surface area is 189 Å². The Hall–Kier alpha value is -3.22. The molecule has 2 aromatic carbocycles. The molecule has 0 spiro atoms. The lowest BCUT2D eigenvalue weighted by Crippen LogP contribution is -2.39. The van der Waals surface area contributed by atoms with Crippen LogP contribution in [0.15, 0.2) is 42.5 Å². The van der Waals surface area contributed by atoms with Gasteiger partial charge in [-0.2, -0.15) is 0 Å². The number of urea groups is 1. The van der Waals surface area contributed by atoms with Crippen molar-refractivity contribution in [1.82, 2.24) is 10.6 Å². The highest BCUT2D eigenvalue weighted by atomic mass is 16.5. The summed E-state index contributed by atoms with van der Waals surface area (Å²) in [6.07, 6.45) is 0.498. The summed E-state index contributed by atoms with van der Waals surface area (Å²) < 4.78 is 5.67. The largest absolute Gasteiger partial charge is 0.508 e. The Bertz CT molecular complexity index is 941. The van der Waals surface area contributed by atoms with E-state index >= 15 is 0 Å². The minimum Gasteiger partial charge on any atom is -0.508 e. The number of benzene rings is 2. The number of ether oxygens (including phenoxy) is 1. The summed E-state index contributed by atoms with van der Waals surface area (Å²) in [6.45, 7) is 10.3. The van der Waals surface area contributed by atoms with E-state index in [2.05, 4.69) is 35.4 Å². The lowest BCUT2D eigenvalue weighted by Gasteiger charge is -2.31. The van der Waals surface area contributed by atoms with Gasteiger partial charge in [0.05, 0.1) is 12.0 Å². The van der Waals surface area contributed by atoms with E-state index in [1.54, 1.807) is 24.3 Å². The first-order valence-electron chi connectivity index (χ1n) is 11.3. The maximum Gasteiger partial charge on any atom is 0.315 e. The number of amides is 2. The lowest BCUT2D eigenvalue weighted by atomic mass is 9.83. The molecule has 3 unspecified atom stereocenters. The summed E-state index contributed by atoms with van der Waals surface area (Å²) in [5.41, 5.74) is 2.97. The van der Waals surface area contributed by atoms with Gasteiger partial charge in [-0.05, 0) is 62.4 Å². The summed E-state index contributed by atoms with van der Waals surface area (Å²) in [5.74, 6) is 0.275. The molecular formula is C25H33N3O4. The van der Waals surface area contributed by atoms with Crippen molar-refractivity contribution in [2.24, 2.45) is 5.92 Å². The van der Waals surface area contributed by atoms with Crippen LogP contribution in [0.2, 0.25) is 0 Å². The average molecular weight is 440 g/mol. The van der Waals surface area contributed by atoms with Crippen LogP contribution in [0.1, 0.15) is 57.2 Å². The number of nitrogens with zero attached hydrogens (tertiary/aromatic N) is 1. The van der Waals surface area contributed by atoms with Crippen LogP contribution in [0.4, 0.5) is 10.5 Å². The van der Waals surface area contributed by atoms with Gasteiger partial charge in [0.1, 0.15) is 11.5 Å². The normalized spacial score (nSPS) is 18.3. The second kappa shape index (κ2) is 10.4. The maximum atomic E-state index is 12.7. The fraction of sp³-hybridized carbons (Fsp3) is 0.440. The quantitative estimate of drug-likeness (QED) is 0.421. The number of nitrogens with one attached hydrogen (secondary N) is 2. The van der Waals surface area contributed by atoms with E-state index in [-0.39, 0.29) is 35.6 Å². The highest BCUT2D eigenvalue weighted by molar-refractivity contribution is 5.80. The van der Waals surface area contributed by atoms with Gasteiger partial charge in [0.2, 0.25) is 0 Å². The third kappa shape index (κ3) is 5.33. The third-order valence-electron chi connectivity index (χ3n) is 6.21. The van der Waals surface area contributed by atoms with E-state index in [4.69, 9.17) is 4.74 Å². The molecule has 172 valence electrons. The number of carbonyl (C=O) groups excluding carboxylic acids is 2. The Kier molecular flexibility index (Phi) is 7.62. The zero-order chi connectivity index (χ0) is 23.3. The number of hydrogen-bond acceptors (Lipinski definition) is 5. The lowest BCUT2D eigenvalue weighted by molar-refractivity contribution is -0.141. The molecule has 0 bridgehead atoms. The molecule has 7 heteroatoms. The topological polar surface area (TPSA) is 90.9 Å². The summed E-state index contributed by atoms with van der Waals surface area (Å²) in [5, 5.41) is 15.1. The molecule has 0 fully saturated rings. The Balaban J connectivity index is 1.55. The van der Waals surface area contributed by atoms with Gasteiger partial charge in [-0.25, -0.2) is 4.79 Å². The summed E-state index contributed by atoms with van der Waals surface area (Å²) in [7, 11) is 0. The number of hydrogen-bond donors (Lipinski definition) is 3. The number of esters is 1. The Morgan fingerprint density at radius 3 is 2.50 bits per heavy atom. The summed E-state index contributed by atoms with van der Waals surface area (Å²) in [4.78, 5) is 27.1. The smallest absolute Gasteiger partial charge is 0.315 e. The van der Waals surface area contributed by atoms with Crippen LogP contribution in [-0.4, -0.2) is 36.7 Å². The van der Waals surface area contributed by atoms with E-state index in [1.807, 2.05) is 26.0 Å². The Morgan fingerprint density at radius 1 is 1.16 bits per heavy atom. The van der Waals surface area contributed by atoms with Crippen molar-refractivity contribution >= 4 is 17.7 Å². The van der Waals surface area contributed by atoms with Gasteiger partial charge < -0.3 is 25.4 Å². The molecule has 3 rings (SSSR count). The molecule has 2 amide bonds. The number of rotatable bonds is 8. The fourth-order valence-corrected chi connectivity index (χ4v) is 4.18. The highest BCUT2D eigenvalue weighted by Crippen LogP contribution is 2.40. The fourth-order valence-electron chi connectivity index (χ4n) is 4.18. The minimum absolute atomic E-state index is 0.0118. The van der Waals surface area contributed by atoms with E-state index in [0.29, 0.717) is 18.7 Å². The SMILES string of the molecule is CCN(CC)c1ccc2c(c1)OC(=O)C(CCNC(=O)NC(C)c1ccc(O)cc1)C2C. The van der Waals surface area contributed by atoms with Crippen molar-refractivity contribution in [2.45, 2.75) is 46.1 Å². The number of anilines is 1. The van der Waals surface area contributed by atoms with Crippen molar-refractivity contribution in [2.75, 3.05) is 24.5 Å². The molecule has 0 radical (unpaired) electrons. The number of phenolic OH excluding ortho intramolecular Hbond substituents is 1. The second-order valence-electron chi connectivity index (χ2n) is 8.21. The molecular weight excluding hydrogens is 406 g/mol. The molecule has 2 aromatic rings. The summed E-state index contributed by atoms with van der Waals surface area (Å²) in [6, 6.07) is 12.3. The number of aromatic hydroxyl groups is 1. The number of carbonyl (C=O) groups is 2. The van der Waals surface area contributed by atoms with Crippen LogP contribution >= 0.6 is 0 Å². The van der Waals surface area contributed by atoms with Gasteiger partial charge >= 0.3 is 12.0 Å². The molecule has 0 saturated heterocycles. The van der Waals surface area contributed by atoms with Crippen LogP contribution < -0.4 is 20.3 Å². The van der Waals surface area contributed by atoms with Gasteiger partial charge in [0, 0.05) is 31.4 Å². The first-order valence-corrected chi connectivity index (χ1v) is 11.3. The van der Waals surface area contributed by atoms with Crippen LogP contribution in [0.25, 0.3) is 0 Å². The molecule has 32 heavy (non-hydrogen) atoms. The van der Waals surface area contributed by atoms with Gasteiger partial charge in [0.15, 0.2) is 0 Å². The predicted molar refractivity (Wildman–Crippen MR) is 125 cm³/mol. The van der Waals surface area contributed by atoms with Crippen molar-refractivity contribution < 1.29 is 19.4 Å². The van der Waals surface area contributed by atoms with Crippen molar-refractivity contribution in [3.05, 3.63) is 53.6 Å². The van der Waals surface area contributed by atoms with Crippen molar-refractivity contribution in [3.63, 3.8) is 0 Å². The third-order valence-corrected chi connectivity index (χ3v) is 6.21. The van der Waals surface area contributed by atoms with Crippen LogP contribution in [-0.2, 0) is 4.79 Å². The van der Waals surface area contributed by atoms with Gasteiger partial charge in [-0.1, -0.05) is 25.1 Å². The van der Waals surface area contributed by atoms with Gasteiger partial charge in [0.25, 0.3) is 0 Å². The monoisotopic (exact) mass is 439 g/mol. The molecule has 3 N–H and O–H groups in total. The zero-order valence-electron chi connectivity index (χ0n) is 19.2. The summed E-state index contributed by atoms with van der Waals surface area (Å²) >= 11 is 0. The predicted octanol–water partition coefficient (Wildman–Crippen LogP) is 4.33. The van der Waals surface area contributed by atoms with Crippen LogP contribution in [0.3, 0.4) is 0 Å². The molecule has 3 atom stereocenters. The van der Waals surface area contributed by atoms with Crippen molar-refractivity contribution in [3.8, 4) is 11.5 Å². The Morgan fingerprint density at radius 2 is 1.84 bits per heavy atom. The van der Waals surface area contributed by atoms with Crippen LogP contribution in [0.5, 0.6) is 11.5 Å². The highest BCUT2D eigenvalue weighted by Gasteiger charge is 2.35. The molecule has 0 aromatic heterocycles. The first-order chi connectivity index (χ1) is 15.3. The number of fused-ring (bicyclic) bond motifs is 1. The molecule has 7 nitrogen and oxygen atoms in total. The van der Waals surface area contributed by atoms with E-state index in [0.717, 1.165) is 29.9 Å². The van der Waals surface area contributed by atoms with E-state index < -0.39 is 0 Å². The van der Waals surface area contributed by atoms with E-state index in [9.17, 15) is 14.7 Å². The zero-order valence-corrected chi connectivity index (χ0v) is 19.2. The van der Waals surface area contributed by atoms with E-state index in [1.165, 1.54) is 0 Å². The standard InChI is InChI=1S/C25H33N3O4/c1-5-28(6-2)19-9-12-21-16(3)22(24(30)32-23(21)15-19)13-14-26-25(31)27-17(4)18-7-10-20(29)11-8-18/h7-12,15-17,22,29H,5-6,13-14H2,1-4H3,(H2,26,27,31). The van der Waals surface area contributed by atoms with Gasteiger partial charge in [-0.15, -0.1) is 0 Å². The molecule has 1 heterocycles. The molecule has 0 aliphatic carbocycles.